The monoisotopic (exact) mass is 293 g/mol. The van der Waals surface area contributed by atoms with E-state index in [1.807, 2.05) is 0 Å². The van der Waals surface area contributed by atoms with Crippen LogP contribution < -0.4 is 5.32 Å². The SMILES string of the molecule is O=C(Nc1ccc(Cl)cc1)[C@@H]1C2C=CC(O2)[C@@H]1C(=O)O. The van der Waals surface area contributed by atoms with Crippen molar-refractivity contribution in [2.24, 2.45) is 11.8 Å². The second-order valence-corrected chi connectivity index (χ2v) is 5.27. The molecule has 5 nitrogen and oxygen atoms in total. The number of amides is 1. The Balaban J connectivity index is 1.78. The van der Waals surface area contributed by atoms with Crippen LogP contribution in [-0.2, 0) is 14.3 Å². The van der Waals surface area contributed by atoms with Gasteiger partial charge in [-0.3, -0.25) is 9.59 Å². The summed E-state index contributed by atoms with van der Waals surface area (Å²) in [6.07, 6.45) is 2.47. The van der Waals surface area contributed by atoms with Gasteiger partial charge in [-0.15, -0.1) is 0 Å². The number of benzene rings is 1. The van der Waals surface area contributed by atoms with E-state index in [1.165, 1.54) is 0 Å². The van der Waals surface area contributed by atoms with Gasteiger partial charge in [0.2, 0.25) is 5.91 Å². The number of aliphatic carboxylic acids is 1. The molecule has 0 saturated carbocycles. The highest BCUT2D eigenvalue weighted by atomic mass is 35.5. The van der Waals surface area contributed by atoms with Crippen molar-refractivity contribution in [2.45, 2.75) is 12.2 Å². The number of anilines is 1. The zero-order valence-electron chi connectivity index (χ0n) is 10.3. The molecule has 2 aliphatic rings. The van der Waals surface area contributed by atoms with E-state index in [0.29, 0.717) is 10.7 Å². The number of fused-ring (bicyclic) bond motifs is 2. The quantitative estimate of drug-likeness (QED) is 0.835. The van der Waals surface area contributed by atoms with Gasteiger partial charge in [0.05, 0.1) is 18.1 Å². The molecule has 1 aromatic rings. The number of ether oxygens (including phenoxy) is 1. The molecule has 2 N–H and O–H groups in total. The summed E-state index contributed by atoms with van der Waals surface area (Å²) in [5, 5.41) is 12.5. The maximum atomic E-state index is 12.3. The first-order valence-corrected chi connectivity index (χ1v) is 6.57. The topological polar surface area (TPSA) is 75.6 Å². The predicted molar refractivity (Wildman–Crippen MR) is 72.5 cm³/mol. The zero-order chi connectivity index (χ0) is 14.3. The molecule has 0 spiro atoms. The van der Waals surface area contributed by atoms with Gasteiger partial charge in [-0.25, -0.2) is 0 Å². The molecule has 2 aliphatic heterocycles. The molecule has 1 saturated heterocycles. The lowest BCUT2D eigenvalue weighted by Gasteiger charge is -2.20. The highest BCUT2D eigenvalue weighted by Crippen LogP contribution is 2.39. The van der Waals surface area contributed by atoms with E-state index < -0.39 is 30.0 Å². The van der Waals surface area contributed by atoms with Crippen molar-refractivity contribution in [1.82, 2.24) is 0 Å². The van der Waals surface area contributed by atoms with Gasteiger partial charge in [0.15, 0.2) is 0 Å². The molecule has 2 unspecified atom stereocenters. The van der Waals surface area contributed by atoms with E-state index in [-0.39, 0.29) is 5.91 Å². The largest absolute Gasteiger partial charge is 0.481 e. The summed E-state index contributed by atoms with van der Waals surface area (Å²) in [7, 11) is 0. The van der Waals surface area contributed by atoms with Crippen LogP contribution in [-0.4, -0.2) is 29.2 Å². The molecular weight excluding hydrogens is 282 g/mol. The lowest BCUT2D eigenvalue weighted by Crippen LogP contribution is -2.39. The number of hydrogen-bond acceptors (Lipinski definition) is 3. The van der Waals surface area contributed by atoms with Gasteiger partial charge < -0.3 is 15.2 Å². The molecule has 20 heavy (non-hydrogen) atoms. The lowest BCUT2D eigenvalue weighted by molar-refractivity contribution is -0.145. The fourth-order valence-electron chi connectivity index (χ4n) is 2.67. The van der Waals surface area contributed by atoms with Crippen LogP contribution in [0.4, 0.5) is 5.69 Å². The van der Waals surface area contributed by atoms with Crippen LogP contribution in [0.1, 0.15) is 0 Å². The van der Waals surface area contributed by atoms with E-state index in [1.54, 1.807) is 36.4 Å². The number of rotatable bonds is 3. The first kappa shape index (κ1) is 13.1. The second-order valence-electron chi connectivity index (χ2n) is 4.84. The maximum absolute atomic E-state index is 12.3. The predicted octanol–water partition coefficient (Wildman–Crippen LogP) is 1.93. The number of hydrogen-bond donors (Lipinski definition) is 2. The molecular formula is C14H12ClNO4. The fourth-order valence-corrected chi connectivity index (χ4v) is 2.80. The molecule has 6 heteroatoms. The molecule has 4 atom stereocenters. The maximum Gasteiger partial charge on any atom is 0.310 e. The van der Waals surface area contributed by atoms with E-state index in [9.17, 15) is 14.7 Å². The third-order valence-corrected chi connectivity index (χ3v) is 3.85. The van der Waals surface area contributed by atoms with Crippen LogP contribution in [0.3, 0.4) is 0 Å². The van der Waals surface area contributed by atoms with E-state index in [2.05, 4.69) is 5.32 Å². The molecule has 1 aromatic carbocycles. The van der Waals surface area contributed by atoms with Crippen molar-refractivity contribution in [3.05, 3.63) is 41.4 Å². The summed E-state index contributed by atoms with van der Waals surface area (Å²) in [6, 6.07) is 6.64. The van der Waals surface area contributed by atoms with Gasteiger partial charge in [0, 0.05) is 10.7 Å². The molecule has 0 radical (unpaired) electrons. The molecule has 2 bridgehead atoms. The average Bonchev–Trinajstić information content (AvgIpc) is 3.01. The van der Waals surface area contributed by atoms with Gasteiger partial charge in [0.25, 0.3) is 0 Å². The summed E-state index contributed by atoms with van der Waals surface area (Å²) in [4.78, 5) is 23.6. The first-order chi connectivity index (χ1) is 9.56. The Kier molecular flexibility index (Phi) is 3.23. The molecule has 104 valence electrons. The first-order valence-electron chi connectivity index (χ1n) is 6.19. The van der Waals surface area contributed by atoms with Crippen LogP contribution in [0, 0.1) is 11.8 Å². The molecule has 1 fully saturated rings. The van der Waals surface area contributed by atoms with Crippen LogP contribution >= 0.6 is 11.6 Å². The fraction of sp³-hybridized carbons (Fsp3) is 0.286. The van der Waals surface area contributed by atoms with E-state index in [4.69, 9.17) is 16.3 Å². The minimum Gasteiger partial charge on any atom is -0.481 e. The van der Waals surface area contributed by atoms with Crippen LogP contribution in [0.15, 0.2) is 36.4 Å². The summed E-state index contributed by atoms with van der Waals surface area (Å²) in [6.45, 7) is 0. The third kappa shape index (κ3) is 2.19. The van der Waals surface area contributed by atoms with Gasteiger partial charge in [-0.2, -0.15) is 0 Å². The molecule has 3 rings (SSSR count). The average molecular weight is 294 g/mol. The molecule has 2 heterocycles. The Morgan fingerprint density at radius 2 is 1.70 bits per heavy atom. The van der Waals surface area contributed by atoms with Gasteiger partial charge in [-0.1, -0.05) is 23.8 Å². The normalized spacial score (nSPS) is 30.4. The molecule has 1 amide bonds. The third-order valence-electron chi connectivity index (χ3n) is 3.60. The van der Waals surface area contributed by atoms with Crippen molar-refractivity contribution < 1.29 is 19.4 Å². The van der Waals surface area contributed by atoms with Crippen molar-refractivity contribution in [1.29, 1.82) is 0 Å². The van der Waals surface area contributed by atoms with Crippen LogP contribution in [0.5, 0.6) is 0 Å². The number of carboxylic acid groups (broad SMARTS) is 1. The van der Waals surface area contributed by atoms with Gasteiger partial charge >= 0.3 is 5.97 Å². The standard InChI is InChI=1S/C14H12ClNO4/c15-7-1-3-8(4-2-7)16-13(17)11-9-5-6-10(20-9)12(11)14(18)19/h1-6,9-12H,(H,16,17)(H,18,19)/t9?,10?,11-,12+/m1/s1. The van der Waals surface area contributed by atoms with Crippen molar-refractivity contribution in [3.63, 3.8) is 0 Å². The molecule has 0 aromatic heterocycles. The van der Waals surface area contributed by atoms with E-state index in [0.717, 1.165) is 0 Å². The number of carbonyl (C=O) groups is 2. The van der Waals surface area contributed by atoms with Crippen molar-refractivity contribution >= 4 is 29.2 Å². The van der Waals surface area contributed by atoms with E-state index >= 15 is 0 Å². The number of carbonyl (C=O) groups excluding carboxylic acids is 1. The summed E-state index contributed by atoms with van der Waals surface area (Å²) in [5.41, 5.74) is 0.579. The highest BCUT2D eigenvalue weighted by molar-refractivity contribution is 6.30. The van der Waals surface area contributed by atoms with Crippen molar-refractivity contribution in [2.75, 3.05) is 5.32 Å². The minimum absolute atomic E-state index is 0.350. The summed E-state index contributed by atoms with van der Waals surface area (Å²) < 4.78 is 5.46. The number of halogens is 1. The minimum atomic E-state index is -1.02. The molecule has 0 aliphatic carbocycles. The van der Waals surface area contributed by atoms with Crippen molar-refractivity contribution in [3.8, 4) is 0 Å². The Hall–Kier alpha value is -1.85. The van der Waals surface area contributed by atoms with Crippen LogP contribution in [0.2, 0.25) is 5.02 Å². The Morgan fingerprint density at radius 3 is 2.30 bits per heavy atom. The summed E-state index contributed by atoms with van der Waals surface area (Å²) >= 11 is 5.77. The van der Waals surface area contributed by atoms with Gasteiger partial charge in [0.1, 0.15) is 5.92 Å². The Bertz CT molecular complexity index is 583. The summed E-state index contributed by atoms with van der Waals surface area (Å²) in [5.74, 6) is -2.91. The highest BCUT2D eigenvalue weighted by Gasteiger charge is 2.53. The second kappa shape index (κ2) is 4.92. The Labute approximate surface area is 120 Å². The zero-order valence-corrected chi connectivity index (χ0v) is 11.1. The van der Waals surface area contributed by atoms with Gasteiger partial charge in [-0.05, 0) is 24.3 Å². The van der Waals surface area contributed by atoms with Crippen LogP contribution in [0.25, 0.3) is 0 Å². The Morgan fingerprint density at radius 1 is 1.10 bits per heavy atom. The number of nitrogens with one attached hydrogen (secondary N) is 1. The lowest BCUT2D eigenvalue weighted by atomic mass is 9.82. The smallest absolute Gasteiger partial charge is 0.310 e. The number of carboxylic acids is 1.